The molecule has 1 saturated heterocycles. The van der Waals surface area contributed by atoms with Crippen LogP contribution in [0.25, 0.3) is 0 Å². The van der Waals surface area contributed by atoms with Gasteiger partial charge in [0.15, 0.2) is 5.79 Å². The first-order valence-corrected chi connectivity index (χ1v) is 9.67. The fourth-order valence-electron chi connectivity index (χ4n) is 2.18. The zero-order chi connectivity index (χ0) is 21.6. The summed E-state index contributed by atoms with van der Waals surface area (Å²) in [6, 6.07) is 0. The number of carbonyl (C=O) groups is 1. The van der Waals surface area contributed by atoms with Crippen LogP contribution in [0.1, 0.15) is 47.5 Å². The van der Waals surface area contributed by atoms with Crippen molar-refractivity contribution >= 4 is 5.97 Å². The number of esters is 1. The van der Waals surface area contributed by atoms with Crippen molar-refractivity contribution in [1.29, 1.82) is 0 Å². The van der Waals surface area contributed by atoms with Gasteiger partial charge in [-0.1, -0.05) is 0 Å². The second-order valence-corrected chi connectivity index (χ2v) is 7.28. The molecule has 0 amide bonds. The van der Waals surface area contributed by atoms with Gasteiger partial charge in [0.05, 0.1) is 39.1 Å². The Morgan fingerprint density at radius 1 is 1.13 bits per heavy atom. The van der Waals surface area contributed by atoms with E-state index in [1.165, 1.54) is 6.92 Å². The molecule has 0 aromatic carbocycles. The number of hydrogen-bond donors (Lipinski definition) is 3. The monoisotopic (exact) mass is 673 g/mol. The van der Waals surface area contributed by atoms with E-state index < -0.39 is 11.9 Å². The van der Waals surface area contributed by atoms with E-state index in [4.69, 9.17) is 39.0 Å². The fraction of sp³-hybridized carbons (Fsp3) is 0.947. The molecular weight excluding hydrogens is 631 g/mol. The van der Waals surface area contributed by atoms with Crippen LogP contribution in [0.3, 0.4) is 0 Å². The molecule has 0 unspecified atom stereocenters. The first-order chi connectivity index (χ1) is 13.1. The van der Waals surface area contributed by atoms with Crippen LogP contribution in [0, 0.1) is 44.1 Å². The Hall–Kier alpha value is 0.552. The summed E-state index contributed by atoms with van der Waals surface area (Å²) in [5.74, 6) is -0.786. The predicted octanol–water partition coefficient (Wildman–Crippen LogP) is -1.03. The topological polar surface area (TPSA) is 187 Å². The van der Waals surface area contributed by atoms with Crippen molar-refractivity contribution < 1.29 is 98.8 Å². The molecule has 0 aromatic rings. The molecule has 7 N–H and O–H groups in total. The van der Waals surface area contributed by atoms with E-state index in [1.54, 1.807) is 13.8 Å². The van der Waals surface area contributed by atoms with Gasteiger partial charge in [0.1, 0.15) is 18.3 Å². The molecule has 31 heavy (non-hydrogen) atoms. The van der Waals surface area contributed by atoms with Gasteiger partial charge in [-0.15, -0.1) is 0 Å². The normalized spacial score (nSPS) is 19.3. The summed E-state index contributed by atoms with van der Waals surface area (Å²) in [5.41, 5.74) is 0. The summed E-state index contributed by atoms with van der Waals surface area (Å²) in [6.07, 6.45) is -0.0432. The minimum absolute atomic E-state index is 0. The Balaban J connectivity index is -0.000000214. The van der Waals surface area contributed by atoms with Crippen molar-refractivity contribution in [1.82, 2.24) is 0 Å². The van der Waals surface area contributed by atoms with E-state index >= 15 is 0 Å². The molecule has 1 aliphatic heterocycles. The zero-order valence-electron chi connectivity index (χ0n) is 19.3. The third-order valence-electron chi connectivity index (χ3n) is 3.61. The van der Waals surface area contributed by atoms with Gasteiger partial charge in [-0.2, -0.15) is 0 Å². The molecule has 12 heteroatoms. The van der Waals surface area contributed by atoms with Crippen molar-refractivity contribution in [3.63, 3.8) is 0 Å². The fourth-order valence-corrected chi connectivity index (χ4v) is 2.18. The maximum Gasteiger partial charge on any atom is 0.302 e. The molecule has 1 radical (unpaired) electrons. The molecule has 0 bridgehead atoms. The molecule has 0 spiro atoms. The van der Waals surface area contributed by atoms with E-state index in [2.05, 4.69) is 0 Å². The zero-order valence-corrected chi connectivity index (χ0v) is 24.1. The van der Waals surface area contributed by atoms with E-state index in [0.29, 0.717) is 39.3 Å². The van der Waals surface area contributed by atoms with Gasteiger partial charge in [0.25, 0.3) is 0 Å². The number of aliphatic hydroxyl groups is 3. The van der Waals surface area contributed by atoms with E-state index in [0.717, 1.165) is 0 Å². The van der Waals surface area contributed by atoms with Gasteiger partial charge in [0.2, 0.25) is 0 Å². The summed E-state index contributed by atoms with van der Waals surface area (Å²) in [4.78, 5) is 10.5. The molecule has 1 rings (SSSR count). The minimum atomic E-state index is -0.834. The van der Waals surface area contributed by atoms with Crippen LogP contribution in [0.4, 0.5) is 0 Å². The molecular formula is C19H42AcO11. The smallest absolute Gasteiger partial charge is 0.302 e. The van der Waals surface area contributed by atoms with Crippen LogP contribution >= 0.6 is 0 Å². The van der Waals surface area contributed by atoms with Crippen LogP contribution in [0.2, 0.25) is 0 Å². The molecule has 11 nitrogen and oxygen atoms in total. The molecule has 0 aromatic heterocycles. The van der Waals surface area contributed by atoms with Crippen molar-refractivity contribution in [2.45, 2.75) is 77.7 Å². The van der Waals surface area contributed by atoms with Crippen LogP contribution in [-0.2, 0) is 28.5 Å². The Morgan fingerprint density at radius 2 is 1.71 bits per heavy atom. The summed E-state index contributed by atoms with van der Waals surface area (Å²) in [5, 5.41) is 26.4. The number of ether oxygens (including phenoxy) is 5. The molecule has 1 fully saturated rings. The average Bonchev–Trinajstić information content (AvgIpc) is 2.94. The van der Waals surface area contributed by atoms with Gasteiger partial charge in [-0.05, 0) is 34.1 Å². The average molecular weight is 674 g/mol. The van der Waals surface area contributed by atoms with Crippen molar-refractivity contribution in [2.75, 3.05) is 39.6 Å². The molecule has 0 aliphatic carbocycles. The van der Waals surface area contributed by atoms with Gasteiger partial charge in [-0.25, -0.2) is 0 Å². The Bertz CT molecular complexity index is 410. The maximum atomic E-state index is 10.5. The summed E-state index contributed by atoms with van der Waals surface area (Å²) >= 11 is 0. The number of carbonyl (C=O) groups excluding carboxylic acids is 1. The second kappa shape index (κ2) is 22.3. The summed E-state index contributed by atoms with van der Waals surface area (Å²) in [6.45, 7) is 10.5. The maximum absolute atomic E-state index is 10.5. The van der Waals surface area contributed by atoms with Gasteiger partial charge in [0, 0.05) is 64.0 Å². The minimum Gasteiger partial charge on any atom is -0.463 e. The molecule has 1 aliphatic rings. The largest absolute Gasteiger partial charge is 0.463 e. The Morgan fingerprint density at radius 3 is 2.16 bits per heavy atom. The molecule has 4 atom stereocenters. The van der Waals surface area contributed by atoms with Gasteiger partial charge in [-0.3, -0.25) is 4.79 Å². The summed E-state index contributed by atoms with van der Waals surface area (Å²) < 4.78 is 26.2. The summed E-state index contributed by atoms with van der Waals surface area (Å²) in [7, 11) is 0. The Labute approximate surface area is 220 Å². The number of aliphatic hydroxyl groups excluding tert-OH is 3. The molecule has 0 saturated carbocycles. The Kier molecular flexibility index (Phi) is 28.0. The van der Waals surface area contributed by atoms with E-state index in [-0.39, 0.29) is 92.5 Å². The number of hydrogen-bond acceptors (Lipinski definition) is 9. The first-order valence-electron chi connectivity index (χ1n) is 9.67. The predicted molar refractivity (Wildman–Crippen MR) is 109 cm³/mol. The third kappa shape index (κ3) is 25.0. The van der Waals surface area contributed by atoms with E-state index in [1.807, 2.05) is 13.8 Å². The molecule has 187 valence electrons. The van der Waals surface area contributed by atoms with Crippen molar-refractivity contribution in [3.05, 3.63) is 0 Å². The van der Waals surface area contributed by atoms with Crippen molar-refractivity contribution in [3.8, 4) is 0 Å². The van der Waals surface area contributed by atoms with Crippen LogP contribution in [0.15, 0.2) is 0 Å². The van der Waals surface area contributed by atoms with Crippen molar-refractivity contribution in [2.24, 2.45) is 0 Å². The van der Waals surface area contributed by atoms with Gasteiger partial charge < -0.3 is 50.0 Å². The van der Waals surface area contributed by atoms with Crippen LogP contribution in [-0.4, -0.2) is 102 Å². The van der Waals surface area contributed by atoms with Crippen LogP contribution in [0.5, 0.6) is 0 Å². The van der Waals surface area contributed by atoms with E-state index in [9.17, 15) is 4.79 Å². The van der Waals surface area contributed by atoms with Crippen LogP contribution < -0.4 is 0 Å². The standard InChI is InChI=1S/C10H20O4.C9H18O5.Ac.2H2O/c1-8(11)4-5-12-6-9-7-13-10(2,3)14-9;1-7(14-8(2)11)3-4-13-6-9(12)5-10;;;/h8-9,11H,4-7H2,1-3H3;7,9-10,12H,3-6H2,1-2H3;;2*1H2/t8-,9-;7-,9+;;;/m11.../s1. The first kappa shape index (κ1) is 38.8. The SMILES string of the molecule is CC(=O)O[C@H](C)CCOC[C@@H](O)CO.C[C@@H](O)CCOC[C@@H]1COC(C)(C)O1.O.O.[Ac]. The quantitative estimate of drug-likeness (QED) is 0.172. The second-order valence-electron chi connectivity index (χ2n) is 7.28. The van der Waals surface area contributed by atoms with Gasteiger partial charge >= 0.3 is 5.97 Å². The number of rotatable bonds is 12. The third-order valence-corrected chi connectivity index (χ3v) is 3.61. The molecule has 1 heterocycles.